The Balaban J connectivity index is 1.18. The van der Waals surface area contributed by atoms with Gasteiger partial charge in [-0.3, -0.25) is 9.48 Å². The lowest BCUT2D eigenvalue weighted by molar-refractivity contribution is -0.302. The predicted molar refractivity (Wildman–Crippen MR) is 278 cm³/mol. The number of likely N-dealkylation sites (N-methyl/N-ethyl adjacent to an activating group) is 2. The highest BCUT2D eigenvalue weighted by atomic mass is 16.7. The molecular weight excluding hydrogens is 951 g/mol. The van der Waals surface area contributed by atoms with Gasteiger partial charge in [0.15, 0.2) is 6.29 Å². The Morgan fingerprint density at radius 1 is 0.905 bits per heavy atom. The number of aryl methyl sites for hydroxylation is 2. The molecule has 418 valence electrons. The molecule has 0 aliphatic carbocycles. The largest absolute Gasteiger partial charge is 0.459 e. The van der Waals surface area contributed by atoms with Gasteiger partial charge in [0.05, 0.1) is 64.8 Å². The van der Waals surface area contributed by atoms with E-state index in [9.17, 15) is 30.3 Å². The van der Waals surface area contributed by atoms with Crippen molar-refractivity contribution < 1.29 is 54.0 Å². The number of carbonyl (C=O) groups excluding carboxylic acids is 1. The predicted octanol–water partition coefficient (Wildman–Crippen LogP) is 3.44. The van der Waals surface area contributed by atoms with E-state index in [2.05, 4.69) is 37.7 Å². The van der Waals surface area contributed by atoms with E-state index in [4.69, 9.17) is 29.4 Å². The first-order valence-electron chi connectivity index (χ1n) is 27.0. The molecule has 3 aliphatic rings. The third kappa shape index (κ3) is 14.0. The molecule has 6 rings (SSSR count). The molecule has 20 heteroatoms. The fourth-order valence-corrected chi connectivity index (χ4v) is 12.2. The van der Waals surface area contributed by atoms with E-state index in [1.807, 2.05) is 82.8 Å². The van der Waals surface area contributed by atoms with Crippen LogP contribution in [0.2, 0.25) is 0 Å². The number of hydrogen-bond acceptors (Lipinski definition) is 18. The Morgan fingerprint density at radius 2 is 1.59 bits per heavy atom. The van der Waals surface area contributed by atoms with Gasteiger partial charge in [0, 0.05) is 70.3 Å². The number of rotatable bonds is 16. The van der Waals surface area contributed by atoms with Crippen LogP contribution in [-0.4, -0.2) is 190 Å². The van der Waals surface area contributed by atoms with E-state index in [0.717, 1.165) is 42.9 Å². The Bertz CT molecular complexity index is 2210. The average Bonchev–Trinajstić information content (AvgIpc) is 4.04. The Hall–Kier alpha value is -3.51. The Morgan fingerprint density at radius 3 is 2.24 bits per heavy atom. The van der Waals surface area contributed by atoms with Gasteiger partial charge in [-0.05, 0) is 124 Å². The van der Waals surface area contributed by atoms with Crippen molar-refractivity contribution in [1.29, 1.82) is 0 Å². The molecule has 3 aromatic rings. The molecule has 7 N–H and O–H groups in total. The number of cyclic esters (lactones) is 1. The van der Waals surface area contributed by atoms with Gasteiger partial charge in [0.1, 0.15) is 30.0 Å². The van der Waals surface area contributed by atoms with E-state index in [-0.39, 0.29) is 37.3 Å². The zero-order valence-corrected chi connectivity index (χ0v) is 46.5. The summed E-state index contributed by atoms with van der Waals surface area (Å²) in [6, 6.07) is 7.35. The standard InChI is InChI=1S/C54H91N9O11/c1-14-44-54(10,69)47(65)36(6)61(12)29-32(2)26-52(8,68)49(34(4)45(35(5)50(67)73-44)43-27-53(9,70-13)48(66)37(7)72-43)74-51-46(64)42(25-33(3)71-51)60(11)24-22-39-30-62(58-56-39)23-16-15-17-38-18-20-41(21-19-38)63-31-40(28-55)57-59-63/h18-21,30-37,42-49,51,64-66,68-69H,14-17,22-29,55H2,1-13H3/t32-,33-,34+,35-,36-,37+,42+,43-,44-,45?,46-,47-,48+,49-,51+,52-,53-,54-/m1/s1. The van der Waals surface area contributed by atoms with Crippen LogP contribution in [-0.2, 0) is 54.4 Å². The number of esters is 1. The van der Waals surface area contributed by atoms with Gasteiger partial charge in [-0.2, -0.15) is 0 Å². The van der Waals surface area contributed by atoms with Crippen molar-refractivity contribution in [1.82, 2.24) is 39.8 Å². The summed E-state index contributed by atoms with van der Waals surface area (Å²) in [7, 11) is 5.36. The van der Waals surface area contributed by atoms with Gasteiger partial charge in [-0.1, -0.05) is 50.3 Å². The van der Waals surface area contributed by atoms with Crippen LogP contribution in [0.25, 0.3) is 5.69 Å². The molecule has 0 spiro atoms. The van der Waals surface area contributed by atoms with Crippen LogP contribution < -0.4 is 5.73 Å². The smallest absolute Gasteiger partial charge is 0.309 e. The Labute approximate surface area is 439 Å². The number of ether oxygens (including phenoxy) is 5. The van der Waals surface area contributed by atoms with E-state index in [1.54, 1.807) is 32.4 Å². The second-order valence-electron chi connectivity index (χ2n) is 23.0. The number of aliphatic hydroxyl groups excluding tert-OH is 3. The minimum atomic E-state index is -1.81. The average molecular weight is 1040 g/mol. The molecule has 3 aliphatic heterocycles. The van der Waals surface area contributed by atoms with E-state index < -0.39 is 95.6 Å². The summed E-state index contributed by atoms with van der Waals surface area (Å²) in [6.07, 6.45) is 0.0290. The molecule has 0 saturated carbocycles. The number of unbranched alkanes of at least 4 members (excludes halogenated alkanes) is 1. The van der Waals surface area contributed by atoms with Crippen LogP contribution in [0.3, 0.4) is 0 Å². The summed E-state index contributed by atoms with van der Waals surface area (Å²) >= 11 is 0. The first-order chi connectivity index (χ1) is 34.8. The van der Waals surface area contributed by atoms with Crippen LogP contribution in [0.4, 0.5) is 0 Å². The molecule has 3 fully saturated rings. The fourth-order valence-electron chi connectivity index (χ4n) is 12.2. The number of carbonyl (C=O) groups is 1. The lowest BCUT2D eigenvalue weighted by atomic mass is 9.68. The molecule has 0 radical (unpaired) electrons. The maximum Gasteiger partial charge on any atom is 0.309 e. The van der Waals surface area contributed by atoms with Crippen molar-refractivity contribution in [2.75, 3.05) is 34.3 Å². The van der Waals surface area contributed by atoms with Crippen LogP contribution in [0.15, 0.2) is 36.7 Å². The molecule has 2 aromatic heterocycles. The highest BCUT2D eigenvalue weighted by Crippen LogP contribution is 2.45. The summed E-state index contributed by atoms with van der Waals surface area (Å²) in [4.78, 5) is 18.7. The van der Waals surface area contributed by atoms with Crippen LogP contribution in [0.1, 0.15) is 125 Å². The summed E-state index contributed by atoms with van der Waals surface area (Å²) in [5.41, 5.74) is 5.00. The second-order valence-corrected chi connectivity index (χ2v) is 23.0. The van der Waals surface area contributed by atoms with Crippen molar-refractivity contribution in [3.8, 4) is 5.69 Å². The van der Waals surface area contributed by atoms with Crippen molar-refractivity contribution >= 4 is 5.97 Å². The maximum absolute atomic E-state index is 14.6. The van der Waals surface area contributed by atoms with Crippen molar-refractivity contribution in [2.24, 2.45) is 29.4 Å². The zero-order valence-electron chi connectivity index (χ0n) is 46.5. The number of methoxy groups -OCH3 is 1. The van der Waals surface area contributed by atoms with Gasteiger partial charge in [0.25, 0.3) is 0 Å². The van der Waals surface area contributed by atoms with E-state index >= 15 is 0 Å². The topological polar surface area (TPSA) is 258 Å². The number of nitrogens with two attached hydrogens (primary N) is 1. The molecular formula is C54H91N9O11. The fraction of sp³-hybridized carbons (Fsp3) is 0.796. The number of aromatic nitrogens is 6. The van der Waals surface area contributed by atoms with E-state index in [1.165, 1.54) is 19.6 Å². The second kappa shape index (κ2) is 25.3. The third-order valence-electron chi connectivity index (χ3n) is 16.8. The third-order valence-corrected chi connectivity index (χ3v) is 16.8. The minimum absolute atomic E-state index is 0.166. The quantitative estimate of drug-likeness (QED) is 0.0887. The monoisotopic (exact) mass is 1040 g/mol. The van der Waals surface area contributed by atoms with Gasteiger partial charge >= 0.3 is 5.97 Å². The van der Waals surface area contributed by atoms with Crippen molar-refractivity contribution in [3.05, 3.63) is 53.6 Å². The molecule has 1 aromatic carbocycles. The van der Waals surface area contributed by atoms with Crippen LogP contribution >= 0.6 is 0 Å². The number of nitrogens with zero attached hydrogens (tertiary/aromatic N) is 8. The zero-order chi connectivity index (χ0) is 54.4. The normalized spacial score (nSPS) is 38.4. The maximum atomic E-state index is 14.6. The number of benzene rings is 1. The summed E-state index contributed by atoms with van der Waals surface area (Å²) in [5.74, 6) is -3.10. The highest BCUT2D eigenvalue weighted by Gasteiger charge is 2.55. The lowest BCUT2D eigenvalue weighted by Crippen LogP contribution is -2.62. The lowest BCUT2D eigenvalue weighted by Gasteiger charge is -2.51. The van der Waals surface area contributed by atoms with Gasteiger partial charge < -0.3 is 64.8 Å². The molecule has 0 bridgehead atoms. The minimum Gasteiger partial charge on any atom is -0.459 e. The van der Waals surface area contributed by atoms with Crippen LogP contribution in [0, 0.1) is 23.7 Å². The van der Waals surface area contributed by atoms with Gasteiger partial charge in [0.2, 0.25) is 0 Å². The molecule has 3 saturated heterocycles. The van der Waals surface area contributed by atoms with Gasteiger partial charge in [-0.25, -0.2) is 4.68 Å². The molecule has 20 nitrogen and oxygen atoms in total. The highest BCUT2D eigenvalue weighted by molar-refractivity contribution is 5.73. The number of aliphatic hydroxyl groups is 5. The summed E-state index contributed by atoms with van der Waals surface area (Å²) in [6.45, 7) is 20.1. The van der Waals surface area contributed by atoms with Crippen molar-refractivity contribution in [2.45, 2.75) is 218 Å². The van der Waals surface area contributed by atoms with E-state index in [0.29, 0.717) is 32.5 Å². The van der Waals surface area contributed by atoms with Crippen molar-refractivity contribution in [3.63, 3.8) is 0 Å². The molecule has 74 heavy (non-hydrogen) atoms. The molecule has 0 amide bonds. The summed E-state index contributed by atoms with van der Waals surface area (Å²) < 4.78 is 35.9. The Kier molecular flexibility index (Phi) is 20.4. The first-order valence-corrected chi connectivity index (χ1v) is 27.0. The molecule has 5 heterocycles. The van der Waals surface area contributed by atoms with Gasteiger partial charge in [-0.15, -0.1) is 10.2 Å². The molecule has 18 atom stereocenters. The van der Waals surface area contributed by atoms with Crippen LogP contribution in [0.5, 0.6) is 0 Å². The molecule has 1 unspecified atom stereocenters. The number of hydrogen-bond donors (Lipinski definition) is 6. The first kappa shape index (κ1) is 59.7. The SMILES string of the molecule is CC[C@H]1OC(=O)[C@H](C)C([C@H]2C[C@@](C)(OC)[C@@H](O)[C@H](C)O2)[C@H](C)[C@@H](O[C@@H]2O[C@H](C)C[C@H](N(C)CCc3cn(CCCCc4ccc(-n5cc(CN)nn5)cc4)nn3)[C@H]2O)[C@](C)(O)C[C@@H](C)CN(C)[C@H](C)[C@@H](O)[C@]1(C)O. The summed E-state index contributed by atoms with van der Waals surface area (Å²) in [5, 5.41) is 77.3.